The standard InChI is InChI=1S/C11H13F2NO/c1-6-4-7(2)9(8(3)5-6)14-11(15)10(12)13/h4-5,10H,1-3H3,(H,14,15). The molecule has 0 saturated carbocycles. The molecule has 4 heteroatoms. The molecule has 1 aromatic carbocycles. The second-order valence-electron chi connectivity index (χ2n) is 3.56. The summed E-state index contributed by atoms with van der Waals surface area (Å²) in [6.07, 6.45) is -2.98. The highest BCUT2D eigenvalue weighted by Crippen LogP contribution is 2.22. The van der Waals surface area contributed by atoms with Crippen LogP contribution in [0.2, 0.25) is 0 Å². The molecule has 0 unspecified atom stereocenters. The summed E-state index contributed by atoms with van der Waals surface area (Å²) in [5, 5.41) is 2.22. The zero-order chi connectivity index (χ0) is 11.6. The number of amides is 1. The van der Waals surface area contributed by atoms with Crippen molar-refractivity contribution in [2.45, 2.75) is 27.2 Å². The molecule has 1 rings (SSSR count). The van der Waals surface area contributed by atoms with E-state index in [4.69, 9.17) is 0 Å². The van der Waals surface area contributed by atoms with Gasteiger partial charge in [0.25, 0.3) is 5.91 Å². The molecule has 0 bridgehead atoms. The SMILES string of the molecule is Cc1cc(C)c(NC(=O)C(F)F)c(C)c1. The summed E-state index contributed by atoms with van der Waals surface area (Å²) in [5.41, 5.74) is 3.11. The van der Waals surface area contributed by atoms with Crippen LogP contribution in [0.15, 0.2) is 12.1 Å². The van der Waals surface area contributed by atoms with Crippen LogP contribution in [0.5, 0.6) is 0 Å². The number of carbonyl (C=O) groups excluding carboxylic acids is 1. The maximum Gasteiger partial charge on any atom is 0.315 e. The van der Waals surface area contributed by atoms with Gasteiger partial charge in [-0.3, -0.25) is 4.79 Å². The quantitative estimate of drug-likeness (QED) is 0.804. The lowest BCUT2D eigenvalue weighted by atomic mass is 10.1. The van der Waals surface area contributed by atoms with E-state index in [2.05, 4.69) is 5.32 Å². The molecule has 0 fully saturated rings. The zero-order valence-electron chi connectivity index (χ0n) is 8.90. The summed E-state index contributed by atoms with van der Waals surface area (Å²) in [6.45, 7) is 5.47. The fourth-order valence-corrected chi connectivity index (χ4v) is 1.55. The average molecular weight is 213 g/mol. The monoisotopic (exact) mass is 213 g/mol. The Balaban J connectivity index is 3.00. The topological polar surface area (TPSA) is 29.1 Å². The predicted octanol–water partition coefficient (Wildman–Crippen LogP) is 2.82. The first-order chi connectivity index (χ1) is 6.91. The minimum Gasteiger partial charge on any atom is -0.321 e. The van der Waals surface area contributed by atoms with E-state index in [0.29, 0.717) is 5.69 Å². The van der Waals surface area contributed by atoms with Gasteiger partial charge in [0.15, 0.2) is 0 Å². The third-order valence-electron chi connectivity index (χ3n) is 2.12. The van der Waals surface area contributed by atoms with Crippen molar-refractivity contribution in [2.24, 2.45) is 0 Å². The molecule has 0 heterocycles. The number of rotatable bonds is 2. The number of anilines is 1. The molecule has 1 amide bonds. The van der Waals surface area contributed by atoms with Gasteiger partial charge >= 0.3 is 6.43 Å². The van der Waals surface area contributed by atoms with E-state index in [0.717, 1.165) is 16.7 Å². The van der Waals surface area contributed by atoms with E-state index in [1.807, 2.05) is 19.1 Å². The summed E-state index contributed by atoms with van der Waals surface area (Å²) < 4.78 is 24.1. The van der Waals surface area contributed by atoms with Crippen LogP contribution in [0.1, 0.15) is 16.7 Å². The maximum atomic E-state index is 12.0. The van der Waals surface area contributed by atoms with Gasteiger partial charge < -0.3 is 5.32 Å². The van der Waals surface area contributed by atoms with Crippen molar-refractivity contribution in [1.82, 2.24) is 0 Å². The smallest absolute Gasteiger partial charge is 0.315 e. The molecule has 15 heavy (non-hydrogen) atoms. The van der Waals surface area contributed by atoms with E-state index < -0.39 is 12.3 Å². The third kappa shape index (κ3) is 2.75. The lowest BCUT2D eigenvalue weighted by Gasteiger charge is -2.12. The Hall–Kier alpha value is -1.45. The Bertz CT molecular complexity index is 365. The predicted molar refractivity (Wildman–Crippen MR) is 55.3 cm³/mol. The highest BCUT2D eigenvalue weighted by molar-refractivity contribution is 5.94. The molecule has 0 aliphatic carbocycles. The van der Waals surface area contributed by atoms with Crippen LogP contribution in [-0.2, 0) is 4.79 Å². The first kappa shape index (κ1) is 11.6. The van der Waals surface area contributed by atoms with Gasteiger partial charge in [-0.1, -0.05) is 17.7 Å². The van der Waals surface area contributed by atoms with Crippen molar-refractivity contribution in [3.05, 3.63) is 28.8 Å². The van der Waals surface area contributed by atoms with Crippen molar-refractivity contribution >= 4 is 11.6 Å². The number of aryl methyl sites for hydroxylation is 3. The Kier molecular flexibility index (Phi) is 3.39. The molecule has 82 valence electrons. The Morgan fingerprint density at radius 2 is 1.67 bits per heavy atom. The number of hydrogen-bond donors (Lipinski definition) is 1. The maximum absolute atomic E-state index is 12.0. The molecule has 0 saturated heterocycles. The number of carbonyl (C=O) groups is 1. The average Bonchev–Trinajstić information content (AvgIpc) is 2.10. The fourth-order valence-electron chi connectivity index (χ4n) is 1.55. The van der Waals surface area contributed by atoms with E-state index >= 15 is 0 Å². The number of benzene rings is 1. The van der Waals surface area contributed by atoms with Crippen LogP contribution in [0.3, 0.4) is 0 Å². The summed E-state index contributed by atoms with van der Waals surface area (Å²) in [6, 6.07) is 3.68. The van der Waals surface area contributed by atoms with Crippen LogP contribution in [0.25, 0.3) is 0 Å². The highest BCUT2D eigenvalue weighted by Gasteiger charge is 2.16. The molecule has 0 spiro atoms. The number of halogens is 2. The van der Waals surface area contributed by atoms with Crippen molar-refractivity contribution in [2.75, 3.05) is 5.32 Å². The molecule has 0 aliphatic heterocycles. The van der Waals surface area contributed by atoms with Gasteiger partial charge in [0.05, 0.1) is 0 Å². The lowest BCUT2D eigenvalue weighted by Crippen LogP contribution is -2.21. The van der Waals surface area contributed by atoms with Crippen LogP contribution in [0.4, 0.5) is 14.5 Å². The van der Waals surface area contributed by atoms with Gasteiger partial charge in [-0.25, -0.2) is 0 Å². The second kappa shape index (κ2) is 4.38. The minimum absolute atomic E-state index is 0.478. The van der Waals surface area contributed by atoms with E-state index in [1.165, 1.54) is 0 Å². The number of alkyl halides is 2. The summed E-state index contributed by atoms with van der Waals surface area (Å²) in [7, 11) is 0. The van der Waals surface area contributed by atoms with Gasteiger partial charge in [-0.05, 0) is 31.9 Å². The second-order valence-corrected chi connectivity index (χ2v) is 3.56. The van der Waals surface area contributed by atoms with Gasteiger partial charge in [0, 0.05) is 5.69 Å². The third-order valence-corrected chi connectivity index (χ3v) is 2.12. The molecule has 1 aromatic rings. The molecule has 0 radical (unpaired) electrons. The van der Waals surface area contributed by atoms with Crippen molar-refractivity contribution in [3.63, 3.8) is 0 Å². The van der Waals surface area contributed by atoms with Crippen molar-refractivity contribution < 1.29 is 13.6 Å². The van der Waals surface area contributed by atoms with Crippen molar-refractivity contribution in [1.29, 1.82) is 0 Å². The summed E-state index contributed by atoms with van der Waals surface area (Å²) in [5.74, 6) is -1.26. The van der Waals surface area contributed by atoms with Crippen LogP contribution in [0, 0.1) is 20.8 Å². The Morgan fingerprint density at radius 3 is 2.07 bits per heavy atom. The van der Waals surface area contributed by atoms with Gasteiger partial charge in [-0.2, -0.15) is 8.78 Å². The molecular formula is C11H13F2NO. The van der Waals surface area contributed by atoms with E-state index in [-0.39, 0.29) is 0 Å². The molecule has 1 N–H and O–H groups in total. The molecular weight excluding hydrogens is 200 g/mol. The lowest BCUT2D eigenvalue weighted by molar-refractivity contribution is -0.126. The van der Waals surface area contributed by atoms with Crippen LogP contribution >= 0.6 is 0 Å². The number of hydrogen-bond acceptors (Lipinski definition) is 1. The summed E-state index contributed by atoms with van der Waals surface area (Å²) >= 11 is 0. The van der Waals surface area contributed by atoms with Crippen LogP contribution < -0.4 is 5.32 Å². The van der Waals surface area contributed by atoms with E-state index in [1.54, 1.807) is 13.8 Å². The normalized spacial score (nSPS) is 10.5. The largest absolute Gasteiger partial charge is 0.321 e. The Morgan fingerprint density at radius 1 is 1.20 bits per heavy atom. The number of nitrogens with one attached hydrogen (secondary N) is 1. The first-order valence-corrected chi connectivity index (χ1v) is 4.58. The van der Waals surface area contributed by atoms with Gasteiger partial charge in [-0.15, -0.1) is 0 Å². The van der Waals surface area contributed by atoms with Crippen molar-refractivity contribution in [3.8, 4) is 0 Å². The molecule has 2 nitrogen and oxygen atoms in total. The minimum atomic E-state index is -2.98. The fraction of sp³-hybridized carbons (Fsp3) is 0.364. The molecule has 0 aromatic heterocycles. The first-order valence-electron chi connectivity index (χ1n) is 4.58. The highest BCUT2D eigenvalue weighted by atomic mass is 19.3. The van der Waals surface area contributed by atoms with Crippen LogP contribution in [-0.4, -0.2) is 12.3 Å². The Labute approximate surface area is 87.3 Å². The molecule has 0 atom stereocenters. The molecule has 0 aliphatic rings. The van der Waals surface area contributed by atoms with Gasteiger partial charge in [0.2, 0.25) is 0 Å². The van der Waals surface area contributed by atoms with E-state index in [9.17, 15) is 13.6 Å². The zero-order valence-corrected chi connectivity index (χ0v) is 8.90. The van der Waals surface area contributed by atoms with Gasteiger partial charge in [0.1, 0.15) is 0 Å². The summed E-state index contributed by atoms with van der Waals surface area (Å²) in [4.78, 5) is 10.8.